The van der Waals surface area contributed by atoms with Crippen LogP contribution in [0.2, 0.25) is 0 Å². The monoisotopic (exact) mass is 142 g/mol. The van der Waals surface area contributed by atoms with Gasteiger partial charge in [-0.25, -0.2) is 0 Å². The number of aliphatic hydroxyl groups excluding tert-OH is 1. The molecule has 10 heavy (non-hydrogen) atoms. The third-order valence-corrected chi connectivity index (χ3v) is 1.90. The Bertz CT molecular complexity index is 108. The van der Waals surface area contributed by atoms with E-state index in [0.717, 1.165) is 0 Å². The maximum atomic E-state index is 8.49. The molecular formula is C9H18O. The van der Waals surface area contributed by atoms with Gasteiger partial charge in [-0.05, 0) is 11.3 Å². The van der Waals surface area contributed by atoms with Crippen LogP contribution < -0.4 is 0 Å². The van der Waals surface area contributed by atoms with E-state index in [1.807, 2.05) is 0 Å². The third kappa shape index (κ3) is 3.67. The summed E-state index contributed by atoms with van der Waals surface area (Å²) in [6.07, 6.45) is 3.86. The van der Waals surface area contributed by atoms with E-state index in [1.165, 1.54) is 0 Å². The van der Waals surface area contributed by atoms with Crippen LogP contribution in [0.25, 0.3) is 0 Å². The van der Waals surface area contributed by atoms with Gasteiger partial charge in [0.1, 0.15) is 0 Å². The molecule has 0 aromatic heterocycles. The van der Waals surface area contributed by atoms with Crippen molar-refractivity contribution < 1.29 is 5.11 Å². The van der Waals surface area contributed by atoms with Crippen LogP contribution in [0.1, 0.15) is 27.7 Å². The van der Waals surface area contributed by atoms with Crippen LogP contribution in [-0.2, 0) is 0 Å². The van der Waals surface area contributed by atoms with E-state index in [1.54, 1.807) is 6.08 Å². The Morgan fingerprint density at radius 1 is 1.40 bits per heavy atom. The lowest BCUT2D eigenvalue weighted by Gasteiger charge is -2.23. The highest BCUT2D eigenvalue weighted by Crippen LogP contribution is 2.25. The van der Waals surface area contributed by atoms with Crippen molar-refractivity contribution in [2.45, 2.75) is 27.7 Å². The highest BCUT2D eigenvalue weighted by atomic mass is 16.2. The van der Waals surface area contributed by atoms with Gasteiger partial charge in [0.15, 0.2) is 0 Å². The van der Waals surface area contributed by atoms with E-state index in [0.29, 0.717) is 11.3 Å². The van der Waals surface area contributed by atoms with Gasteiger partial charge in [-0.1, -0.05) is 39.8 Å². The molecule has 1 nitrogen and oxygen atoms in total. The zero-order valence-corrected chi connectivity index (χ0v) is 7.39. The Morgan fingerprint density at radius 2 is 1.90 bits per heavy atom. The quantitative estimate of drug-likeness (QED) is 0.586. The SMILES string of the molecule is CC(/C=C/CO)C(C)(C)C. The lowest BCUT2D eigenvalue weighted by Crippen LogP contribution is -2.14. The molecule has 1 heteroatoms. The molecule has 0 saturated heterocycles. The van der Waals surface area contributed by atoms with Gasteiger partial charge in [0.2, 0.25) is 0 Å². The molecule has 0 aliphatic rings. The van der Waals surface area contributed by atoms with Crippen molar-refractivity contribution in [3.05, 3.63) is 12.2 Å². The van der Waals surface area contributed by atoms with E-state index in [9.17, 15) is 0 Å². The summed E-state index contributed by atoms with van der Waals surface area (Å²) in [6.45, 7) is 8.89. The van der Waals surface area contributed by atoms with Crippen LogP contribution in [0, 0.1) is 11.3 Å². The van der Waals surface area contributed by atoms with Gasteiger partial charge < -0.3 is 5.11 Å². The van der Waals surface area contributed by atoms with E-state index in [-0.39, 0.29) is 6.61 Å². The second kappa shape index (κ2) is 3.77. The molecule has 0 spiro atoms. The first-order valence-corrected chi connectivity index (χ1v) is 3.76. The minimum atomic E-state index is 0.153. The summed E-state index contributed by atoms with van der Waals surface area (Å²) in [5, 5.41) is 8.49. The summed E-state index contributed by atoms with van der Waals surface area (Å²) < 4.78 is 0. The van der Waals surface area contributed by atoms with E-state index in [4.69, 9.17) is 5.11 Å². The first-order valence-electron chi connectivity index (χ1n) is 3.76. The molecule has 1 unspecified atom stereocenters. The number of rotatable bonds is 2. The van der Waals surface area contributed by atoms with Crippen molar-refractivity contribution in [2.24, 2.45) is 11.3 Å². The predicted octanol–water partition coefficient (Wildman–Crippen LogP) is 2.22. The lowest BCUT2D eigenvalue weighted by atomic mass is 9.82. The van der Waals surface area contributed by atoms with Crippen LogP contribution in [0.15, 0.2) is 12.2 Å². The second-order valence-electron chi connectivity index (χ2n) is 3.77. The Hall–Kier alpha value is -0.300. The minimum absolute atomic E-state index is 0.153. The normalized spacial score (nSPS) is 16.1. The summed E-state index contributed by atoms with van der Waals surface area (Å²) in [7, 11) is 0. The average Bonchev–Trinajstić information content (AvgIpc) is 1.80. The highest BCUT2D eigenvalue weighted by Gasteiger charge is 2.16. The minimum Gasteiger partial charge on any atom is -0.392 e. The average molecular weight is 142 g/mol. The van der Waals surface area contributed by atoms with Gasteiger partial charge in [0, 0.05) is 0 Å². The Labute approximate surface area is 63.8 Å². The molecule has 0 aliphatic heterocycles. The van der Waals surface area contributed by atoms with Crippen LogP contribution in [-0.4, -0.2) is 11.7 Å². The summed E-state index contributed by atoms with van der Waals surface area (Å²) in [6, 6.07) is 0. The molecule has 0 fully saturated rings. The number of allylic oxidation sites excluding steroid dienone is 1. The maximum Gasteiger partial charge on any atom is 0.0612 e. The molecule has 60 valence electrons. The van der Waals surface area contributed by atoms with Crippen molar-refractivity contribution in [1.82, 2.24) is 0 Å². The Balaban J connectivity index is 3.84. The van der Waals surface area contributed by atoms with Gasteiger partial charge >= 0.3 is 0 Å². The molecule has 0 aromatic rings. The van der Waals surface area contributed by atoms with Gasteiger partial charge in [0.25, 0.3) is 0 Å². The number of hydrogen-bond acceptors (Lipinski definition) is 1. The van der Waals surface area contributed by atoms with E-state index >= 15 is 0 Å². The molecule has 0 aromatic carbocycles. The van der Waals surface area contributed by atoms with Crippen molar-refractivity contribution >= 4 is 0 Å². The zero-order chi connectivity index (χ0) is 8.20. The van der Waals surface area contributed by atoms with Gasteiger partial charge in [-0.15, -0.1) is 0 Å². The van der Waals surface area contributed by atoms with Crippen molar-refractivity contribution in [3.8, 4) is 0 Å². The topological polar surface area (TPSA) is 20.2 Å². The standard InChI is InChI=1S/C9H18O/c1-8(6-5-7-10)9(2,3)4/h5-6,8,10H,7H2,1-4H3/b6-5+. The fraction of sp³-hybridized carbons (Fsp3) is 0.778. The number of aliphatic hydroxyl groups is 1. The van der Waals surface area contributed by atoms with E-state index < -0.39 is 0 Å². The summed E-state index contributed by atoms with van der Waals surface area (Å²) in [5.74, 6) is 0.527. The molecule has 0 aliphatic carbocycles. The summed E-state index contributed by atoms with van der Waals surface area (Å²) in [4.78, 5) is 0. The lowest BCUT2D eigenvalue weighted by molar-refractivity contribution is 0.308. The molecule has 1 N–H and O–H groups in total. The molecule has 0 bridgehead atoms. The van der Waals surface area contributed by atoms with Crippen molar-refractivity contribution in [2.75, 3.05) is 6.61 Å². The molecule has 0 rings (SSSR count). The fourth-order valence-corrected chi connectivity index (χ4v) is 0.554. The van der Waals surface area contributed by atoms with Gasteiger partial charge in [-0.3, -0.25) is 0 Å². The van der Waals surface area contributed by atoms with Gasteiger partial charge in [-0.2, -0.15) is 0 Å². The van der Waals surface area contributed by atoms with Crippen LogP contribution in [0.5, 0.6) is 0 Å². The van der Waals surface area contributed by atoms with Crippen molar-refractivity contribution in [3.63, 3.8) is 0 Å². The largest absolute Gasteiger partial charge is 0.392 e. The maximum absolute atomic E-state index is 8.49. The van der Waals surface area contributed by atoms with Crippen LogP contribution >= 0.6 is 0 Å². The molecule has 0 radical (unpaired) electrons. The highest BCUT2D eigenvalue weighted by molar-refractivity contribution is 4.91. The first kappa shape index (κ1) is 9.70. The molecular weight excluding hydrogens is 124 g/mol. The molecule has 0 saturated carbocycles. The molecule has 0 heterocycles. The third-order valence-electron chi connectivity index (χ3n) is 1.90. The Kier molecular flexibility index (Phi) is 3.66. The Morgan fingerprint density at radius 3 is 2.20 bits per heavy atom. The van der Waals surface area contributed by atoms with E-state index in [2.05, 4.69) is 33.8 Å². The second-order valence-corrected chi connectivity index (χ2v) is 3.77. The van der Waals surface area contributed by atoms with Crippen LogP contribution in [0.3, 0.4) is 0 Å². The summed E-state index contributed by atoms with van der Waals surface area (Å²) in [5.41, 5.74) is 0.311. The van der Waals surface area contributed by atoms with Gasteiger partial charge in [0.05, 0.1) is 6.61 Å². The smallest absolute Gasteiger partial charge is 0.0612 e. The number of hydrogen-bond donors (Lipinski definition) is 1. The molecule has 0 amide bonds. The first-order chi connectivity index (χ1) is 4.48. The van der Waals surface area contributed by atoms with Crippen LogP contribution in [0.4, 0.5) is 0 Å². The predicted molar refractivity (Wildman–Crippen MR) is 44.8 cm³/mol. The molecule has 1 atom stereocenters. The summed E-state index contributed by atoms with van der Waals surface area (Å²) >= 11 is 0. The fourth-order valence-electron chi connectivity index (χ4n) is 0.554. The van der Waals surface area contributed by atoms with Crippen molar-refractivity contribution in [1.29, 1.82) is 0 Å². The zero-order valence-electron chi connectivity index (χ0n) is 7.39.